The van der Waals surface area contributed by atoms with Crippen molar-refractivity contribution in [2.45, 2.75) is 33.9 Å². The van der Waals surface area contributed by atoms with E-state index in [0.717, 1.165) is 23.9 Å². The molecule has 1 aromatic carbocycles. The molecule has 4 heteroatoms. The van der Waals surface area contributed by atoms with E-state index in [-0.39, 0.29) is 0 Å². The first-order valence-electron chi connectivity index (χ1n) is 8.03. The normalized spacial score (nSPS) is 10.6. The first-order valence-corrected chi connectivity index (χ1v) is 8.43. The van der Waals surface area contributed by atoms with E-state index in [1.165, 1.54) is 11.1 Å². The number of aryl methyl sites for hydroxylation is 1. The lowest BCUT2D eigenvalue weighted by Gasteiger charge is -2.26. The molecule has 1 N–H and O–H groups in total. The van der Waals surface area contributed by atoms with Gasteiger partial charge in [0.2, 0.25) is 0 Å². The Morgan fingerprint density at radius 3 is 2.48 bits per heavy atom. The Bertz CT molecular complexity index is 608. The van der Waals surface area contributed by atoms with Gasteiger partial charge in [0.15, 0.2) is 5.11 Å². The molecule has 122 valence electrons. The lowest BCUT2D eigenvalue weighted by Crippen LogP contribution is -2.40. The summed E-state index contributed by atoms with van der Waals surface area (Å²) in [5, 5.41) is 4.15. The zero-order valence-electron chi connectivity index (χ0n) is 14.1. The molecule has 0 aliphatic heterocycles. The van der Waals surface area contributed by atoms with Crippen LogP contribution in [0.4, 0.5) is 0 Å². The molecule has 0 bridgehead atoms. The minimum Gasteiger partial charge on any atom is -0.362 e. The van der Waals surface area contributed by atoms with Crippen molar-refractivity contribution in [1.29, 1.82) is 0 Å². The fourth-order valence-corrected chi connectivity index (χ4v) is 2.42. The number of nitrogens with one attached hydrogen (secondary N) is 1. The van der Waals surface area contributed by atoms with Crippen LogP contribution in [-0.4, -0.2) is 21.5 Å². The van der Waals surface area contributed by atoms with Gasteiger partial charge in [-0.2, -0.15) is 0 Å². The number of nitrogens with zero attached hydrogens (tertiary/aromatic N) is 2. The van der Waals surface area contributed by atoms with Gasteiger partial charge in [-0.25, -0.2) is 0 Å². The highest BCUT2D eigenvalue weighted by Crippen LogP contribution is 2.10. The van der Waals surface area contributed by atoms with Gasteiger partial charge in [0.05, 0.1) is 12.2 Å². The maximum atomic E-state index is 5.60. The largest absolute Gasteiger partial charge is 0.362 e. The van der Waals surface area contributed by atoms with Crippen LogP contribution in [0.3, 0.4) is 0 Å². The van der Waals surface area contributed by atoms with Gasteiger partial charge in [0.1, 0.15) is 0 Å². The molecule has 0 atom stereocenters. The Hall–Kier alpha value is -1.94. The van der Waals surface area contributed by atoms with Crippen LogP contribution in [0, 0.1) is 12.8 Å². The Morgan fingerprint density at radius 2 is 1.87 bits per heavy atom. The first-order chi connectivity index (χ1) is 11.0. The average Bonchev–Trinajstić information content (AvgIpc) is 2.55. The van der Waals surface area contributed by atoms with Crippen LogP contribution in [-0.2, 0) is 13.1 Å². The summed E-state index contributed by atoms with van der Waals surface area (Å²) in [5.41, 5.74) is 3.54. The first kappa shape index (κ1) is 17.4. The summed E-state index contributed by atoms with van der Waals surface area (Å²) >= 11 is 5.60. The fraction of sp³-hybridized carbons (Fsp3) is 0.368. The molecule has 2 rings (SSSR count). The number of hydrogen-bond acceptors (Lipinski definition) is 2. The van der Waals surface area contributed by atoms with Gasteiger partial charge < -0.3 is 10.2 Å². The Kier molecular flexibility index (Phi) is 6.53. The van der Waals surface area contributed by atoms with Crippen LogP contribution in [0.5, 0.6) is 0 Å². The van der Waals surface area contributed by atoms with E-state index in [1.54, 1.807) is 0 Å². The molecule has 2 aromatic rings. The molecule has 0 saturated heterocycles. The maximum Gasteiger partial charge on any atom is 0.169 e. The zero-order valence-corrected chi connectivity index (χ0v) is 14.9. The van der Waals surface area contributed by atoms with Crippen molar-refractivity contribution >= 4 is 17.3 Å². The highest BCUT2D eigenvalue weighted by Gasteiger charge is 2.12. The molecule has 0 aliphatic rings. The van der Waals surface area contributed by atoms with Crippen LogP contribution < -0.4 is 5.32 Å². The van der Waals surface area contributed by atoms with Gasteiger partial charge in [0, 0.05) is 19.3 Å². The van der Waals surface area contributed by atoms with Crippen LogP contribution in [0.25, 0.3) is 0 Å². The number of pyridine rings is 1. The number of rotatable bonds is 6. The summed E-state index contributed by atoms with van der Waals surface area (Å²) in [4.78, 5) is 6.59. The van der Waals surface area contributed by atoms with Crippen molar-refractivity contribution in [3.8, 4) is 0 Å². The van der Waals surface area contributed by atoms with Crippen LogP contribution in [0.15, 0.2) is 48.7 Å². The number of benzene rings is 1. The lowest BCUT2D eigenvalue weighted by molar-refractivity contribution is 0.390. The highest BCUT2D eigenvalue weighted by atomic mass is 32.1. The molecule has 23 heavy (non-hydrogen) atoms. The Morgan fingerprint density at radius 1 is 1.13 bits per heavy atom. The standard InChI is InChI=1S/C19H25N3S/c1-15(2)12-21-19(23)22(14-18-6-4-5-11-20-18)13-17-9-7-16(3)8-10-17/h4-11,15H,12-14H2,1-3H3,(H,21,23). The summed E-state index contributed by atoms with van der Waals surface area (Å²) in [5.74, 6) is 0.559. The summed E-state index contributed by atoms with van der Waals surface area (Å²) in [6, 6.07) is 14.6. The van der Waals surface area contributed by atoms with Crippen LogP contribution in [0.1, 0.15) is 30.7 Å². The molecule has 0 fully saturated rings. The minimum absolute atomic E-state index is 0.559. The Labute approximate surface area is 144 Å². The Balaban J connectivity index is 2.09. The van der Waals surface area contributed by atoms with Crippen molar-refractivity contribution in [1.82, 2.24) is 15.2 Å². The topological polar surface area (TPSA) is 28.2 Å². The van der Waals surface area contributed by atoms with E-state index in [0.29, 0.717) is 12.5 Å². The van der Waals surface area contributed by atoms with Crippen molar-refractivity contribution in [2.75, 3.05) is 6.54 Å². The van der Waals surface area contributed by atoms with Crippen molar-refractivity contribution in [2.24, 2.45) is 5.92 Å². The summed E-state index contributed by atoms with van der Waals surface area (Å²) in [6.07, 6.45) is 1.82. The second-order valence-electron chi connectivity index (χ2n) is 6.24. The molecule has 1 heterocycles. The minimum atomic E-state index is 0.559. The second-order valence-corrected chi connectivity index (χ2v) is 6.63. The number of aromatic nitrogens is 1. The van der Waals surface area contributed by atoms with Gasteiger partial charge in [0.25, 0.3) is 0 Å². The molecule has 0 radical (unpaired) electrons. The van der Waals surface area contributed by atoms with E-state index in [2.05, 4.69) is 60.2 Å². The van der Waals surface area contributed by atoms with Crippen molar-refractivity contribution in [3.63, 3.8) is 0 Å². The van der Waals surface area contributed by atoms with E-state index < -0.39 is 0 Å². The molecule has 0 saturated carbocycles. The fourth-order valence-electron chi connectivity index (χ4n) is 2.20. The van der Waals surface area contributed by atoms with Crippen LogP contribution >= 0.6 is 12.2 Å². The predicted molar refractivity (Wildman–Crippen MR) is 100 cm³/mol. The SMILES string of the molecule is Cc1ccc(CN(Cc2ccccn2)C(=S)NCC(C)C)cc1. The molecule has 0 spiro atoms. The highest BCUT2D eigenvalue weighted by molar-refractivity contribution is 7.80. The second kappa shape index (κ2) is 8.63. The van der Waals surface area contributed by atoms with Crippen molar-refractivity contribution < 1.29 is 0 Å². The number of thiocarbonyl (C=S) groups is 1. The molecule has 3 nitrogen and oxygen atoms in total. The van der Waals surface area contributed by atoms with E-state index in [4.69, 9.17) is 12.2 Å². The third-order valence-electron chi connectivity index (χ3n) is 3.52. The molecule has 0 unspecified atom stereocenters. The van der Waals surface area contributed by atoms with Gasteiger partial charge >= 0.3 is 0 Å². The summed E-state index contributed by atoms with van der Waals surface area (Å²) in [7, 11) is 0. The van der Waals surface area contributed by atoms with Gasteiger partial charge in [-0.05, 0) is 42.8 Å². The molecule has 1 aromatic heterocycles. The molecule has 0 amide bonds. The van der Waals surface area contributed by atoms with Gasteiger partial charge in [-0.15, -0.1) is 0 Å². The number of hydrogen-bond donors (Lipinski definition) is 1. The van der Waals surface area contributed by atoms with Gasteiger partial charge in [-0.1, -0.05) is 49.7 Å². The monoisotopic (exact) mass is 327 g/mol. The third kappa shape index (κ3) is 5.99. The van der Waals surface area contributed by atoms with Crippen LogP contribution in [0.2, 0.25) is 0 Å². The molecular formula is C19H25N3S. The maximum absolute atomic E-state index is 5.60. The summed E-state index contributed by atoms with van der Waals surface area (Å²) in [6.45, 7) is 8.83. The van der Waals surface area contributed by atoms with E-state index in [1.807, 2.05) is 24.4 Å². The van der Waals surface area contributed by atoms with Gasteiger partial charge in [-0.3, -0.25) is 4.98 Å². The van der Waals surface area contributed by atoms with E-state index in [9.17, 15) is 0 Å². The molecular weight excluding hydrogens is 302 g/mol. The van der Waals surface area contributed by atoms with Crippen molar-refractivity contribution in [3.05, 3.63) is 65.5 Å². The smallest absolute Gasteiger partial charge is 0.169 e. The molecule has 0 aliphatic carbocycles. The van der Waals surface area contributed by atoms with E-state index >= 15 is 0 Å². The zero-order chi connectivity index (χ0) is 16.7. The average molecular weight is 327 g/mol. The third-order valence-corrected chi connectivity index (χ3v) is 3.92. The lowest BCUT2D eigenvalue weighted by atomic mass is 10.1. The quantitative estimate of drug-likeness (QED) is 0.814. The predicted octanol–water partition coefficient (Wildman–Crippen LogP) is 3.92. The summed E-state index contributed by atoms with van der Waals surface area (Å²) < 4.78 is 0.